The molecule has 0 saturated carbocycles. The normalized spacial score (nSPS) is 19.5. The van der Waals surface area contributed by atoms with E-state index in [1.54, 1.807) is 17.0 Å². The number of amides is 1. The van der Waals surface area contributed by atoms with E-state index >= 15 is 0 Å². The van der Waals surface area contributed by atoms with Crippen molar-refractivity contribution in [1.82, 2.24) is 9.80 Å². The summed E-state index contributed by atoms with van der Waals surface area (Å²) in [5.74, 6) is -0.508. The molecule has 19 heavy (non-hydrogen) atoms. The molecule has 0 atom stereocenters. The number of carbonyl (C=O) groups excluding carboxylic acids is 1. The summed E-state index contributed by atoms with van der Waals surface area (Å²) >= 11 is 3.09. The summed E-state index contributed by atoms with van der Waals surface area (Å²) in [6.07, 6.45) is 0. The Bertz CT molecular complexity index is 504. The first kappa shape index (κ1) is 14.5. The van der Waals surface area contributed by atoms with Crippen molar-refractivity contribution in [2.45, 2.75) is 19.4 Å². The highest BCUT2D eigenvalue weighted by Crippen LogP contribution is 2.22. The van der Waals surface area contributed by atoms with Crippen LogP contribution in [0.4, 0.5) is 4.39 Å². The summed E-state index contributed by atoms with van der Waals surface area (Å²) in [6.45, 7) is 6.37. The third kappa shape index (κ3) is 2.98. The van der Waals surface area contributed by atoms with Crippen LogP contribution >= 0.6 is 15.9 Å². The van der Waals surface area contributed by atoms with Gasteiger partial charge in [0.1, 0.15) is 5.82 Å². The van der Waals surface area contributed by atoms with Gasteiger partial charge in [-0.15, -0.1) is 0 Å². The van der Waals surface area contributed by atoms with Gasteiger partial charge in [-0.2, -0.15) is 0 Å². The average Bonchev–Trinajstić information content (AvgIpc) is 2.35. The molecule has 5 heteroatoms. The molecule has 1 saturated heterocycles. The number of likely N-dealkylation sites (N-methyl/N-ethyl adjacent to an activating group) is 1. The van der Waals surface area contributed by atoms with E-state index in [0.717, 1.165) is 6.54 Å². The predicted molar refractivity (Wildman–Crippen MR) is 76.7 cm³/mol. The van der Waals surface area contributed by atoms with Gasteiger partial charge in [0.2, 0.25) is 0 Å². The maximum Gasteiger partial charge on any atom is 0.254 e. The second-order valence-corrected chi connectivity index (χ2v) is 6.44. The average molecular weight is 329 g/mol. The Kier molecular flexibility index (Phi) is 3.97. The van der Waals surface area contributed by atoms with Gasteiger partial charge in [0.05, 0.1) is 4.47 Å². The van der Waals surface area contributed by atoms with Crippen LogP contribution in [0.1, 0.15) is 24.2 Å². The zero-order valence-corrected chi connectivity index (χ0v) is 13.0. The predicted octanol–water partition coefficient (Wildman–Crippen LogP) is 2.75. The van der Waals surface area contributed by atoms with Crippen molar-refractivity contribution in [1.29, 1.82) is 0 Å². The molecular weight excluding hydrogens is 311 g/mol. The monoisotopic (exact) mass is 328 g/mol. The van der Waals surface area contributed by atoms with Crippen molar-refractivity contribution < 1.29 is 9.18 Å². The summed E-state index contributed by atoms with van der Waals surface area (Å²) < 4.78 is 13.9. The molecule has 1 fully saturated rings. The molecule has 1 heterocycles. The van der Waals surface area contributed by atoms with E-state index in [0.29, 0.717) is 23.1 Å². The molecule has 2 rings (SSSR count). The molecule has 0 bridgehead atoms. The smallest absolute Gasteiger partial charge is 0.254 e. The number of nitrogens with zero attached hydrogens (tertiary/aromatic N) is 2. The highest BCUT2D eigenvalue weighted by molar-refractivity contribution is 9.10. The van der Waals surface area contributed by atoms with Gasteiger partial charge in [0, 0.05) is 30.7 Å². The molecule has 0 spiro atoms. The molecule has 1 aliphatic rings. The van der Waals surface area contributed by atoms with Crippen molar-refractivity contribution in [2.75, 3.05) is 26.7 Å². The molecule has 1 aliphatic heterocycles. The minimum absolute atomic E-state index is 0.0538. The van der Waals surface area contributed by atoms with Gasteiger partial charge < -0.3 is 4.90 Å². The lowest BCUT2D eigenvalue weighted by atomic mass is 9.99. The zero-order valence-electron chi connectivity index (χ0n) is 11.4. The van der Waals surface area contributed by atoms with E-state index < -0.39 is 5.82 Å². The van der Waals surface area contributed by atoms with Crippen LogP contribution in [-0.2, 0) is 0 Å². The Labute approximate surface area is 121 Å². The Hall–Kier alpha value is -0.940. The first-order chi connectivity index (χ1) is 8.81. The summed E-state index contributed by atoms with van der Waals surface area (Å²) in [6, 6.07) is 4.52. The molecule has 104 valence electrons. The van der Waals surface area contributed by atoms with Crippen LogP contribution in [0.2, 0.25) is 0 Å². The third-order valence-corrected chi connectivity index (χ3v) is 4.41. The number of hydrogen-bond donors (Lipinski definition) is 0. The first-order valence-corrected chi connectivity index (χ1v) is 7.06. The molecule has 0 aromatic heterocycles. The largest absolute Gasteiger partial charge is 0.336 e. The quantitative estimate of drug-likeness (QED) is 0.791. The van der Waals surface area contributed by atoms with Crippen LogP contribution in [0.15, 0.2) is 22.7 Å². The standard InChI is InChI=1S/C14H18BrFN2O/c1-14(2)9-18(7-6-17(14)3)13(19)10-4-5-11(15)12(16)8-10/h4-5,8H,6-7,9H2,1-3H3. The fraction of sp³-hybridized carbons (Fsp3) is 0.500. The van der Waals surface area contributed by atoms with Crippen molar-refractivity contribution in [3.05, 3.63) is 34.1 Å². The van der Waals surface area contributed by atoms with E-state index in [1.165, 1.54) is 6.07 Å². The molecule has 0 aliphatic carbocycles. The van der Waals surface area contributed by atoms with Crippen molar-refractivity contribution in [3.8, 4) is 0 Å². The van der Waals surface area contributed by atoms with Crippen LogP contribution in [0.25, 0.3) is 0 Å². The van der Waals surface area contributed by atoms with Gasteiger partial charge >= 0.3 is 0 Å². The second kappa shape index (κ2) is 5.21. The third-order valence-electron chi connectivity index (χ3n) is 3.77. The van der Waals surface area contributed by atoms with Gasteiger partial charge in [-0.05, 0) is 55.0 Å². The van der Waals surface area contributed by atoms with Crippen LogP contribution < -0.4 is 0 Å². The SMILES string of the molecule is CN1CCN(C(=O)c2ccc(Br)c(F)c2)CC1(C)C. The maximum absolute atomic E-state index is 13.5. The maximum atomic E-state index is 13.5. The highest BCUT2D eigenvalue weighted by Gasteiger charge is 2.33. The molecule has 1 aromatic carbocycles. The summed E-state index contributed by atoms with van der Waals surface area (Å²) in [5.41, 5.74) is 0.350. The summed E-state index contributed by atoms with van der Waals surface area (Å²) in [5, 5.41) is 0. The zero-order chi connectivity index (χ0) is 14.2. The van der Waals surface area contributed by atoms with E-state index in [2.05, 4.69) is 41.7 Å². The fourth-order valence-corrected chi connectivity index (χ4v) is 2.47. The van der Waals surface area contributed by atoms with E-state index in [-0.39, 0.29) is 11.4 Å². The van der Waals surface area contributed by atoms with Gasteiger partial charge in [-0.25, -0.2) is 4.39 Å². The first-order valence-electron chi connectivity index (χ1n) is 6.27. The Morgan fingerprint density at radius 3 is 2.63 bits per heavy atom. The van der Waals surface area contributed by atoms with Gasteiger partial charge in [0.25, 0.3) is 5.91 Å². The molecule has 0 radical (unpaired) electrons. The lowest BCUT2D eigenvalue weighted by Crippen LogP contribution is -2.58. The molecule has 0 N–H and O–H groups in total. The van der Waals surface area contributed by atoms with Gasteiger partial charge in [-0.3, -0.25) is 9.69 Å². The minimum Gasteiger partial charge on any atom is -0.336 e. The molecular formula is C14H18BrFN2O. The highest BCUT2D eigenvalue weighted by atomic mass is 79.9. The fourth-order valence-electron chi connectivity index (χ4n) is 2.23. The lowest BCUT2D eigenvalue weighted by molar-refractivity contribution is 0.0311. The molecule has 3 nitrogen and oxygen atoms in total. The van der Waals surface area contributed by atoms with Gasteiger partial charge in [-0.1, -0.05) is 0 Å². The number of hydrogen-bond acceptors (Lipinski definition) is 2. The second-order valence-electron chi connectivity index (χ2n) is 5.59. The van der Waals surface area contributed by atoms with Crippen molar-refractivity contribution in [3.63, 3.8) is 0 Å². The van der Waals surface area contributed by atoms with Crippen molar-refractivity contribution in [2.24, 2.45) is 0 Å². The molecule has 1 aromatic rings. The Morgan fingerprint density at radius 2 is 2.05 bits per heavy atom. The lowest BCUT2D eigenvalue weighted by Gasteiger charge is -2.45. The van der Waals surface area contributed by atoms with E-state index in [4.69, 9.17) is 0 Å². The number of benzene rings is 1. The van der Waals surface area contributed by atoms with Crippen molar-refractivity contribution >= 4 is 21.8 Å². The molecule has 0 unspecified atom stereocenters. The number of carbonyl (C=O) groups is 1. The summed E-state index contributed by atoms with van der Waals surface area (Å²) in [7, 11) is 2.06. The number of piperazine rings is 1. The topological polar surface area (TPSA) is 23.6 Å². The summed E-state index contributed by atoms with van der Waals surface area (Å²) in [4.78, 5) is 16.4. The van der Waals surface area contributed by atoms with E-state index in [9.17, 15) is 9.18 Å². The van der Waals surface area contributed by atoms with Crippen LogP contribution in [-0.4, -0.2) is 47.9 Å². The van der Waals surface area contributed by atoms with Crippen LogP contribution in [0.3, 0.4) is 0 Å². The van der Waals surface area contributed by atoms with Crippen LogP contribution in [0.5, 0.6) is 0 Å². The number of rotatable bonds is 1. The molecule has 1 amide bonds. The van der Waals surface area contributed by atoms with Gasteiger partial charge in [0.15, 0.2) is 0 Å². The number of halogens is 2. The Morgan fingerprint density at radius 1 is 1.37 bits per heavy atom. The Balaban J connectivity index is 2.18. The van der Waals surface area contributed by atoms with E-state index in [1.807, 2.05) is 0 Å². The van der Waals surface area contributed by atoms with Crippen LogP contribution in [0, 0.1) is 5.82 Å². The minimum atomic E-state index is -0.403.